The number of benzene rings is 1. The van der Waals surface area contributed by atoms with Gasteiger partial charge < -0.3 is 14.7 Å². The summed E-state index contributed by atoms with van der Waals surface area (Å²) >= 11 is 0. The van der Waals surface area contributed by atoms with Crippen molar-refractivity contribution < 1.29 is 23.8 Å². The number of hydrogen-bond acceptors (Lipinski definition) is 3. The highest BCUT2D eigenvalue weighted by Gasteiger charge is 2.14. The number of carbonyl (C=O) groups is 2. The van der Waals surface area contributed by atoms with Crippen LogP contribution in [0.25, 0.3) is 0 Å². The lowest BCUT2D eigenvalue weighted by Gasteiger charge is -2.18. The van der Waals surface area contributed by atoms with E-state index in [9.17, 15) is 14.0 Å². The maximum atomic E-state index is 12.6. The molecular formula is C13H16FNO4. The van der Waals surface area contributed by atoms with E-state index < -0.39 is 5.97 Å². The third-order valence-corrected chi connectivity index (χ3v) is 2.46. The fourth-order valence-corrected chi connectivity index (χ4v) is 1.48. The molecule has 6 heteroatoms. The first-order chi connectivity index (χ1) is 9.02. The van der Waals surface area contributed by atoms with E-state index in [1.54, 1.807) is 6.92 Å². The molecule has 1 N–H and O–H groups in total. The molecule has 1 aromatic carbocycles. The summed E-state index contributed by atoms with van der Waals surface area (Å²) in [6.07, 6.45) is 0.0818. The first-order valence-corrected chi connectivity index (χ1v) is 5.91. The highest BCUT2D eigenvalue weighted by atomic mass is 19.1. The van der Waals surface area contributed by atoms with E-state index in [2.05, 4.69) is 0 Å². The lowest BCUT2D eigenvalue weighted by molar-refractivity contribution is -0.144. The minimum atomic E-state index is -1.05. The van der Waals surface area contributed by atoms with Crippen molar-refractivity contribution in [3.05, 3.63) is 30.1 Å². The summed E-state index contributed by atoms with van der Waals surface area (Å²) in [5.41, 5.74) is 0. The second-order valence-electron chi connectivity index (χ2n) is 3.85. The van der Waals surface area contributed by atoms with E-state index in [0.717, 1.165) is 0 Å². The van der Waals surface area contributed by atoms with Gasteiger partial charge in [-0.3, -0.25) is 9.59 Å². The monoisotopic (exact) mass is 269 g/mol. The smallest absolute Gasteiger partial charge is 0.323 e. The maximum Gasteiger partial charge on any atom is 0.323 e. The average molecular weight is 269 g/mol. The summed E-state index contributed by atoms with van der Waals surface area (Å²) in [6.45, 7) is 1.86. The maximum absolute atomic E-state index is 12.6. The Kier molecular flexibility index (Phi) is 5.78. The third kappa shape index (κ3) is 5.37. The minimum Gasteiger partial charge on any atom is -0.493 e. The molecule has 5 nitrogen and oxygen atoms in total. The minimum absolute atomic E-state index is 0.0818. The normalized spacial score (nSPS) is 10.0. The van der Waals surface area contributed by atoms with E-state index in [1.165, 1.54) is 29.2 Å². The van der Waals surface area contributed by atoms with Gasteiger partial charge in [-0.25, -0.2) is 4.39 Å². The second kappa shape index (κ2) is 7.35. The van der Waals surface area contributed by atoms with Crippen molar-refractivity contribution in [2.75, 3.05) is 19.7 Å². The molecule has 0 radical (unpaired) electrons. The molecule has 0 heterocycles. The summed E-state index contributed by atoms with van der Waals surface area (Å²) in [7, 11) is 0. The van der Waals surface area contributed by atoms with E-state index in [4.69, 9.17) is 9.84 Å². The number of nitrogens with zero attached hydrogens (tertiary/aromatic N) is 1. The summed E-state index contributed by atoms with van der Waals surface area (Å²) in [5, 5.41) is 8.63. The number of aliphatic carboxylic acids is 1. The lowest BCUT2D eigenvalue weighted by Crippen LogP contribution is -2.36. The van der Waals surface area contributed by atoms with Crippen LogP contribution in [0.15, 0.2) is 24.3 Å². The molecule has 0 aliphatic heterocycles. The Morgan fingerprint density at radius 2 is 1.95 bits per heavy atom. The predicted octanol–water partition coefficient (Wildman–Crippen LogP) is 1.53. The topological polar surface area (TPSA) is 66.8 Å². The zero-order valence-electron chi connectivity index (χ0n) is 10.6. The standard InChI is InChI=1S/C13H16FNO4/c1-2-15(9-13(17)18)12(16)7-8-19-11-5-3-10(14)4-6-11/h3-6H,2,7-9H2,1H3,(H,17,18). The molecule has 0 aromatic heterocycles. The zero-order valence-corrected chi connectivity index (χ0v) is 10.6. The highest BCUT2D eigenvalue weighted by molar-refractivity contribution is 5.81. The number of carboxylic acid groups (broad SMARTS) is 1. The van der Waals surface area contributed by atoms with Gasteiger partial charge in [0.1, 0.15) is 18.1 Å². The molecular weight excluding hydrogens is 253 g/mol. The molecule has 1 amide bonds. The summed E-state index contributed by atoms with van der Waals surface area (Å²) in [4.78, 5) is 23.4. The molecule has 1 rings (SSSR count). The van der Waals surface area contributed by atoms with Crippen LogP contribution in [-0.2, 0) is 9.59 Å². The Morgan fingerprint density at radius 3 is 2.47 bits per heavy atom. The molecule has 0 spiro atoms. The second-order valence-corrected chi connectivity index (χ2v) is 3.85. The quantitative estimate of drug-likeness (QED) is 0.815. The van der Waals surface area contributed by atoms with Gasteiger partial charge in [0, 0.05) is 6.54 Å². The van der Waals surface area contributed by atoms with Gasteiger partial charge in [0.15, 0.2) is 0 Å². The van der Waals surface area contributed by atoms with Crippen LogP contribution >= 0.6 is 0 Å². The van der Waals surface area contributed by atoms with Gasteiger partial charge in [-0.1, -0.05) is 0 Å². The van der Waals surface area contributed by atoms with Crippen LogP contribution in [0.4, 0.5) is 4.39 Å². The number of carbonyl (C=O) groups excluding carboxylic acids is 1. The number of amides is 1. The van der Waals surface area contributed by atoms with E-state index in [0.29, 0.717) is 12.3 Å². The summed E-state index contributed by atoms with van der Waals surface area (Å²) in [5.74, 6) is -1.22. The van der Waals surface area contributed by atoms with Gasteiger partial charge in [-0.05, 0) is 31.2 Å². The van der Waals surface area contributed by atoms with Gasteiger partial charge in [-0.15, -0.1) is 0 Å². The summed E-state index contributed by atoms with van der Waals surface area (Å²) in [6, 6.07) is 5.46. The average Bonchev–Trinajstić information content (AvgIpc) is 2.38. The fraction of sp³-hybridized carbons (Fsp3) is 0.385. The van der Waals surface area contributed by atoms with E-state index in [1.807, 2.05) is 0 Å². The molecule has 0 unspecified atom stereocenters. The number of likely N-dealkylation sites (N-methyl/N-ethyl adjacent to an activating group) is 1. The fourth-order valence-electron chi connectivity index (χ4n) is 1.48. The molecule has 0 fully saturated rings. The van der Waals surface area contributed by atoms with Crippen molar-refractivity contribution in [2.24, 2.45) is 0 Å². The molecule has 0 aliphatic carbocycles. The van der Waals surface area contributed by atoms with Gasteiger partial charge >= 0.3 is 5.97 Å². The van der Waals surface area contributed by atoms with Gasteiger partial charge in [0.25, 0.3) is 0 Å². The van der Waals surface area contributed by atoms with E-state index >= 15 is 0 Å². The number of rotatable bonds is 7. The number of hydrogen-bond donors (Lipinski definition) is 1. The van der Waals surface area contributed by atoms with Crippen molar-refractivity contribution in [2.45, 2.75) is 13.3 Å². The Hall–Kier alpha value is -2.11. The van der Waals surface area contributed by atoms with Crippen LogP contribution in [0.1, 0.15) is 13.3 Å². The molecule has 0 saturated heterocycles. The molecule has 1 aromatic rings. The zero-order chi connectivity index (χ0) is 14.3. The lowest BCUT2D eigenvalue weighted by atomic mass is 10.3. The Balaban J connectivity index is 2.37. The van der Waals surface area contributed by atoms with Gasteiger partial charge in [-0.2, -0.15) is 0 Å². The highest BCUT2D eigenvalue weighted by Crippen LogP contribution is 2.11. The SMILES string of the molecule is CCN(CC(=O)O)C(=O)CCOc1ccc(F)cc1. The molecule has 0 atom stereocenters. The molecule has 0 aliphatic rings. The Labute approximate surface area is 110 Å². The van der Waals surface area contributed by atoms with Crippen LogP contribution in [0.3, 0.4) is 0 Å². The number of ether oxygens (including phenoxy) is 1. The predicted molar refractivity (Wildman–Crippen MR) is 66.4 cm³/mol. The summed E-state index contributed by atoms with van der Waals surface area (Å²) < 4.78 is 17.9. The molecule has 0 bridgehead atoms. The van der Waals surface area contributed by atoms with Gasteiger partial charge in [0.05, 0.1) is 13.0 Å². The van der Waals surface area contributed by atoms with Crippen LogP contribution in [0.2, 0.25) is 0 Å². The van der Waals surface area contributed by atoms with Crippen molar-refractivity contribution in [3.8, 4) is 5.75 Å². The van der Waals surface area contributed by atoms with Gasteiger partial charge in [0.2, 0.25) is 5.91 Å². The first-order valence-electron chi connectivity index (χ1n) is 5.91. The van der Waals surface area contributed by atoms with Crippen LogP contribution in [0, 0.1) is 5.82 Å². The molecule has 104 valence electrons. The van der Waals surface area contributed by atoms with Crippen LogP contribution in [-0.4, -0.2) is 41.6 Å². The third-order valence-electron chi connectivity index (χ3n) is 2.46. The number of carboxylic acids is 1. The van der Waals surface area contributed by atoms with Crippen molar-refractivity contribution in [3.63, 3.8) is 0 Å². The Bertz CT molecular complexity index is 433. The Morgan fingerprint density at radius 1 is 1.32 bits per heavy atom. The van der Waals surface area contributed by atoms with Crippen molar-refractivity contribution in [1.29, 1.82) is 0 Å². The van der Waals surface area contributed by atoms with E-state index in [-0.39, 0.29) is 31.3 Å². The van der Waals surface area contributed by atoms with Crippen LogP contribution in [0.5, 0.6) is 5.75 Å². The van der Waals surface area contributed by atoms with Crippen molar-refractivity contribution >= 4 is 11.9 Å². The van der Waals surface area contributed by atoms with Crippen LogP contribution < -0.4 is 4.74 Å². The largest absolute Gasteiger partial charge is 0.493 e. The molecule has 19 heavy (non-hydrogen) atoms. The molecule has 0 saturated carbocycles. The first kappa shape index (κ1) is 14.9. The number of halogens is 1. The van der Waals surface area contributed by atoms with Crippen molar-refractivity contribution in [1.82, 2.24) is 4.90 Å².